The molecular formula is C66H128O17P2. The Bertz CT molecular complexity index is 1670. The Morgan fingerprint density at radius 3 is 0.894 bits per heavy atom. The topological polar surface area (TPSA) is 237 Å². The summed E-state index contributed by atoms with van der Waals surface area (Å²) in [6.45, 7) is 9.46. The van der Waals surface area contributed by atoms with E-state index in [1.807, 2.05) is 0 Å². The summed E-state index contributed by atoms with van der Waals surface area (Å²) in [5.74, 6) is -0.621. The van der Waals surface area contributed by atoms with Gasteiger partial charge in [0.05, 0.1) is 26.4 Å². The third kappa shape index (κ3) is 59.5. The molecular weight excluding hydrogens is 1130 g/mol. The van der Waals surface area contributed by atoms with E-state index in [4.69, 9.17) is 37.0 Å². The van der Waals surface area contributed by atoms with Crippen molar-refractivity contribution >= 4 is 39.5 Å². The molecule has 0 aromatic heterocycles. The zero-order valence-electron chi connectivity index (χ0n) is 54.9. The maximum atomic E-state index is 13.0. The molecule has 504 valence electrons. The highest BCUT2D eigenvalue weighted by Gasteiger charge is 2.30. The molecule has 3 unspecified atom stereocenters. The molecule has 0 rings (SSSR count). The number of carbonyl (C=O) groups excluding carboxylic acids is 4. The van der Waals surface area contributed by atoms with Crippen molar-refractivity contribution in [3.05, 3.63) is 0 Å². The van der Waals surface area contributed by atoms with Crippen molar-refractivity contribution in [2.45, 2.75) is 349 Å². The Hall–Kier alpha value is -1.94. The SMILES string of the molecule is CCCCCCCCCCCCCCCCC(=O)O[C@H](COC(=O)CCCCCCCCCCCC(C)C)COP(=O)(O)OC[C@@H](O)COP(=O)(O)OC[C@@H](COC(=O)CCCCCCCCC)OC(=O)CCCCCCCCCCC(C)CC. The summed E-state index contributed by atoms with van der Waals surface area (Å²) in [4.78, 5) is 72.2. The summed E-state index contributed by atoms with van der Waals surface area (Å²) < 4.78 is 68.0. The highest BCUT2D eigenvalue weighted by atomic mass is 31.2. The average Bonchev–Trinajstić information content (AvgIpc) is 3.51. The van der Waals surface area contributed by atoms with Crippen LogP contribution in [0.5, 0.6) is 0 Å². The van der Waals surface area contributed by atoms with Gasteiger partial charge < -0.3 is 33.8 Å². The minimum atomic E-state index is -4.95. The third-order valence-corrected chi connectivity index (χ3v) is 17.5. The molecule has 19 heteroatoms. The molecule has 0 fully saturated rings. The molecule has 0 heterocycles. The maximum absolute atomic E-state index is 13.0. The van der Waals surface area contributed by atoms with Crippen LogP contribution >= 0.6 is 15.6 Å². The van der Waals surface area contributed by atoms with Crippen LogP contribution in [-0.2, 0) is 65.4 Å². The van der Waals surface area contributed by atoms with Crippen molar-refractivity contribution in [2.24, 2.45) is 11.8 Å². The predicted octanol–water partition coefficient (Wildman–Crippen LogP) is 18.4. The second-order valence-corrected chi connectivity index (χ2v) is 27.5. The molecule has 0 spiro atoms. The second kappa shape index (κ2) is 58.4. The largest absolute Gasteiger partial charge is 0.472 e. The van der Waals surface area contributed by atoms with E-state index < -0.39 is 97.5 Å². The number of hydrogen-bond acceptors (Lipinski definition) is 15. The normalized spacial score (nSPS) is 14.6. The first kappa shape index (κ1) is 83.1. The number of phosphoric ester groups is 2. The standard InChI is InChI=1S/C66H128O17P2/c1-7-10-12-14-16-17-18-19-20-21-24-32-38-44-50-65(70)82-62(55-77-64(69)49-43-37-31-25-22-23-29-34-40-46-58(4)5)57-81-85(74,75)79-53-60(67)52-78-84(72,73)80-56-61(54-76-63(68)48-42-36-28-15-13-11-8-2)83-66(71)51-45-39-33-27-26-30-35-41-47-59(6)9-3/h58-62,67H,7-57H2,1-6H3,(H,72,73)(H,74,75)/t59?,60-,61+,62+/m0/s1. The van der Waals surface area contributed by atoms with Crippen LogP contribution in [0.2, 0.25) is 0 Å². The number of rotatable bonds is 65. The van der Waals surface area contributed by atoms with Crippen LogP contribution in [0.4, 0.5) is 0 Å². The van der Waals surface area contributed by atoms with Crippen molar-refractivity contribution in [1.29, 1.82) is 0 Å². The van der Waals surface area contributed by atoms with Gasteiger partial charge in [0, 0.05) is 25.7 Å². The fourth-order valence-corrected chi connectivity index (χ4v) is 11.4. The molecule has 0 aromatic carbocycles. The summed E-state index contributed by atoms with van der Waals surface area (Å²) in [6.07, 6.45) is 41.7. The molecule has 17 nitrogen and oxygen atoms in total. The Morgan fingerprint density at radius 1 is 0.341 bits per heavy atom. The lowest BCUT2D eigenvalue weighted by molar-refractivity contribution is -0.161. The van der Waals surface area contributed by atoms with E-state index in [0.717, 1.165) is 115 Å². The third-order valence-electron chi connectivity index (χ3n) is 15.6. The summed E-state index contributed by atoms with van der Waals surface area (Å²) in [5.41, 5.74) is 0. The van der Waals surface area contributed by atoms with Crippen LogP contribution in [0.25, 0.3) is 0 Å². The number of aliphatic hydroxyl groups is 1. The first-order valence-corrected chi connectivity index (χ1v) is 37.5. The Kier molecular flexibility index (Phi) is 57.1. The van der Waals surface area contributed by atoms with Gasteiger partial charge in [0.25, 0.3) is 0 Å². The monoisotopic (exact) mass is 1250 g/mol. The van der Waals surface area contributed by atoms with Crippen molar-refractivity contribution in [3.8, 4) is 0 Å². The summed E-state index contributed by atoms with van der Waals surface area (Å²) in [7, 11) is -9.89. The van der Waals surface area contributed by atoms with Crippen molar-refractivity contribution in [2.75, 3.05) is 39.6 Å². The van der Waals surface area contributed by atoms with E-state index in [1.165, 1.54) is 135 Å². The molecule has 0 amide bonds. The number of hydrogen-bond donors (Lipinski definition) is 3. The van der Waals surface area contributed by atoms with E-state index >= 15 is 0 Å². The molecule has 0 radical (unpaired) electrons. The first-order chi connectivity index (χ1) is 40.9. The van der Waals surface area contributed by atoms with Gasteiger partial charge in [0.2, 0.25) is 0 Å². The van der Waals surface area contributed by atoms with E-state index in [2.05, 4.69) is 41.5 Å². The molecule has 0 aliphatic rings. The van der Waals surface area contributed by atoms with Gasteiger partial charge in [-0.1, -0.05) is 279 Å². The molecule has 0 bridgehead atoms. The van der Waals surface area contributed by atoms with Crippen LogP contribution in [0.15, 0.2) is 0 Å². The minimum Gasteiger partial charge on any atom is -0.462 e. The van der Waals surface area contributed by atoms with Gasteiger partial charge in [-0.05, 0) is 37.5 Å². The molecule has 3 N–H and O–H groups in total. The van der Waals surface area contributed by atoms with Crippen LogP contribution in [0.3, 0.4) is 0 Å². The molecule has 0 aliphatic carbocycles. The van der Waals surface area contributed by atoms with Crippen molar-refractivity contribution < 1.29 is 80.2 Å². The predicted molar refractivity (Wildman–Crippen MR) is 340 cm³/mol. The van der Waals surface area contributed by atoms with E-state index in [-0.39, 0.29) is 25.7 Å². The van der Waals surface area contributed by atoms with Crippen LogP contribution in [-0.4, -0.2) is 96.7 Å². The van der Waals surface area contributed by atoms with Gasteiger partial charge in [0.15, 0.2) is 12.2 Å². The number of ether oxygens (including phenoxy) is 4. The van der Waals surface area contributed by atoms with Gasteiger partial charge in [0.1, 0.15) is 19.3 Å². The lowest BCUT2D eigenvalue weighted by atomic mass is 9.99. The van der Waals surface area contributed by atoms with Crippen LogP contribution in [0.1, 0.15) is 330 Å². The van der Waals surface area contributed by atoms with E-state index in [0.29, 0.717) is 25.7 Å². The molecule has 0 saturated carbocycles. The Labute approximate surface area is 517 Å². The van der Waals surface area contributed by atoms with Crippen molar-refractivity contribution in [1.82, 2.24) is 0 Å². The number of esters is 4. The minimum absolute atomic E-state index is 0.104. The number of carbonyl (C=O) groups is 4. The quantitative estimate of drug-likeness (QED) is 0.0222. The second-order valence-electron chi connectivity index (χ2n) is 24.6. The van der Waals surface area contributed by atoms with E-state index in [9.17, 15) is 43.2 Å². The van der Waals surface area contributed by atoms with Crippen LogP contribution < -0.4 is 0 Å². The van der Waals surface area contributed by atoms with Gasteiger partial charge >= 0.3 is 39.5 Å². The molecule has 85 heavy (non-hydrogen) atoms. The highest BCUT2D eigenvalue weighted by molar-refractivity contribution is 7.47. The molecule has 0 saturated heterocycles. The zero-order chi connectivity index (χ0) is 62.9. The molecule has 6 atom stereocenters. The van der Waals surface area contributed by atoms with Gasteiger partial charge in [-0.15, -0.1) is 0 Å². The lowest BCUT2D eigenvalue weighted by Gasteiger charge is -2.21. The number of aliphatic hydroxyl groups excluding tert-OH is 1. The van der Waals surface area contributed by atoms with Crippen LogP contribution in [0, 0.1) is 11.8 Å². The number of unbranched alkanes of at least 4 members (excludes halogenated alkanes) is 34. The van der Waals surface area contributed by atoms with Gasteiger partial charge in [-0.25, -0.2) is 9.13 Å². The maximum Gasteiger partial charge on any atom is 0.472 e. The zero-order valence-corrected chi connectivity index (χ0v) is 56.7. The summed E-state index contributed by atoms with van der Waals surface area (Å²) in [6, 6.07) is 0. The number of phosphoric acid groups is 2. The molecule has 0 aliphatic heterocycles. The lowest BCUT2D eigenvalue weighted by Crippen LogP contribution is -2.30. The fraction of sp³-hybridized carbons (Fsp3) is 0.939. The summed E-state index contributed by atoms with van der Waals surface area (Å²) in [5, 5.41) is 10.5. The highest BCUT2D eigenvalue weighted by Crippen LogP contribution is 2.45. The smallest absolute Gasteiger partial charge is 0.462 e. The van der Waals surface area contributed by atoms with Gasteiger partial charge in [-0.3, -0.25) is 37.3 Å². The summed E-state index contributed by atoms with van der Waals surface area (Å²) >= 11 is 0. The molecule has 0 aromatic rings. The fourth-order valence-electron chi connectivity index (χ4n) is 9.85. The van der Waals surface area contributed by atoms with Crippen molar-refractivity contribution in [3.63, 3.8) is 0 Å². The van der Waals surface area contributed by atoms with E-state index in [1.54, 1.807) is 0 Å². The average molecular weight is 1260 g/mol. The first-order valence-electron chi connectivity index (χ1n) is 34.5. The van der Waals surface area contributed by atoms with Gasteiger partial charge in [-0.2, -0.15) is 0 Å². The Balaban J connectivity index is 5.22. The Morgan fingerprint density at radius 2 is 0.600 bits per heavy atom.